The zero-order chi connectivity index (χ0) is 24.5. The molecule has 0 spiro atoms. The number of hydrogen-bond donors (Lipinski definition) is 1. The van der Waals surface area contributed by atoms with Crippen molar-refractivity contribution >= 4 is 29.1 Å². The monoisotopic (exact) mass is 486 g/mol. The van der Waals surface area contributed by atoms with Crippen LogP contribution in [0, 0.1) is 12.7 Å². The SMILES string of the molecule is CSc1ccc(N2C(=O)NC(c3ccc(F)cc3)C(c3nc(-c4ccc(C)cc4)no3)=C2C)cc1. The minimum Gasteiger partial charge on any atom is -0.334 e. The number of aryl methyl sites for hydroxylation is 1. The van der Waals surface area contributed by atoms with Gasteiger partial charge in [-0.25, -0.2) is 9.18 Å². The number of benzene rings is 3. The van der Waals surface area contributed by atoms with Gasteiger partial charge in [-0.1, -0.05) is 47.1 Å². The Bertz CT molecular complexity index is 1400. The molecule has 1 atom stereocenters. The van der Waals surface area contributed by atoms with Crippen molar-refractivity contribution in [3.05, 3.63) is 101 Å². The van der Waals surface area contributed by atoms with E-state index < -0.39 is 6.04 Å². The van der Waals surface area contributed by atoms with E-state index in [0.717, 1.165) is 16.0 Å². The second kappa shape index (κ2) is 9.38. The number of nitrogens with zero attached hydrogens (tertiary/aromatic N) is 3. The van der Waals surface area contributed by atoms with E-state index in [-0.39, 0.29) is 17.7 Å². The second-order valence-corrected chi connectivity index (χ2v) is 9.14. The molecule has 35 heavy (non-hydrogen) atoms. The first-order valence-corrected chi connectivity index (χ1v) is 12.3. The highest BCUT2D eigenvalue weighted by Gasteiger charge is 2.36. The molecule has 1 aliphatic heterocycles. The van der Waals surface area contributed by atoms with Crippen molar-refractivity contribution in [3.63, 3.8) is 0 Å². The second-order valence-electron chi connectivity index (χ2n) is 8.26. The molecule has 1 N–H and O–H groups in total. The molecular formula is C27H23FN4O2S. The van der Waals surface area contributed by atoms with Crippen molar-refractivity contribution in [1.29, 1.82) is 0 Å². The predicted octanol–water partition coefficient (Wildman–Crippen LogP) is 6.61. The lowest BCUT2D eigenvalue weighted by Gasteiger charge is -2.35. The Morgan fingerprint density at radius 3 is 2.31 bits per heavy atom. The van der Waals surface area contributed by atoms with Gasteiger partial charge in [-0.3, -0.25) is 4.90 Å². The van der Waals surface area contributed by atoms with E-state index in [1.807, 2.05) is 68.6 Å². The van der Waals surface area contributed by atoms with Crippen molar-refractivity contribution in [1.82, 2.24) is 15.5 Å². The Labute approximate surface area is 206 Å². The van der Waals surface area contributed by atoms with E-state index in [1.165, 1.54) is 12.1 Å². The van der Waals surface area contributed by atoms with E-state index >= 15 is 0 Å². The van der Waals surface area contributed by atoms with Crippen LogP contribution in [0.2, 0.25) is 0 Å². The topological polar surface area (TPSA) is 71.3 Å². The van der Waals surface area contributed by atoms with Gasteiger partial charge in [0, 0.05) is 16.2 Å². The molecule has 0 radical (unpaired) electrons. The van der Waals surface area contributed by atoms with Crippen LogP contribution in [-0.4, -0.2) is 22.4 Å². The Morgan fingerprint density at radius 2 is 1.66 bits per heavy atom. The molecule has 5 rings (SSSR count). The summed E-state index contributed by atoms with van der Waals surface area (Å²) in [5, 5.41) is 7.23. The molecule has 2 heterocycles. The molecule has 1 aromatic heterocycles. The fraction of sp³-hybridized carbons (Fsp3) is 0.148. The molecule has 3 aromatic carbocycles. The van der Waals surface area contributed by atoms with Crippen LogP contribution in [0.4, 0.5) is 14.9 Å². The van der Waals surface area contributed by atoms with Gasteiger partial charge < -0.3 is 9.84 Å². The Morgan fingerprint density at radius 1 is 0.971 bits per heavy atom. The van der Waals surface area contributed by atoms with Crippen LogP contribution in [0.1, 0.15) is 30.0 Å². The summed E-state index contributed by atoms with van der Waals surface area (Å²) in [5.74, 6) is 0.386. The third-order valence-electron chi connectivity index (χ3n) is 5.98. The minimum atomic E-state index is -0.587. The lowest BCUT2D eigenvalue weighted by Crippen LogP contribution is -2.46. The molecule has 4 aromatic rings. The van der Waals surface area contributed by atoms with Crippen LogP contribution < -0.4 is 10.2 Å². The molecule has 1 aliphatic rings. The van der Waals surface area contributed by atoms with Crippen LogP contribution in [0.3, 0.4) is 0 Å². The fourth-order valence-corrected chi connectivity index (χ4v) is 4.53. The van der Waals surface area contributed by atoms with Crippen molar-refractivity contribution in [2.24, 2.45) is 0 Å². The molecule has 0 aliphatic carbocycles. The van der Waals surface area contributed by atoms with Crippen molar-refractivity contribution in [2.45, 2.75) is 24.8 Å². The maximum atomic E-state index is 13.6. The molecule has 0 fully saturated rings. The zero-order valence-corrected chi connectivity index (χ0v) is 20.3. The summed E-state index contributed by atoms with van der Waals surface area (Å²) in [7, 11) is 0. The first-order valence-electron chi connectivity index (χ1n) is 11.1. The lowest BCUT2D eigenvalue weighted by atomic mass is 9.94. The average molecular weight is 487 g/mol. The van der Waals surface area contributed by atoms with E-state index in [0.29, 0.717) is 28.3 Å². The number of nitrogens with one attached hydrogen (secondary N) is 1. The van der Waals surface area contributed by atoms with Gasteiger partial charge >= 0.3 is 6.03 Å². The Balaban J connectivity index is 1.63. The van der Waals surface area contributed by atoms with Gasteiger partial charge in [0.15, 0.2) is 0 Å². The van der Waals surface area contributed by atoms with Crippen LogP contribution in [-0.2, 0) is 0 Å². The third kappa shape index (κ3) is 4.44. The third-order valence-corrected chi connectivity index (χ3v) is 6.73. The van der Waals surface area contributed by atoms with Crippen LogP contribution in [0.5, 0.6) is 0 Å². The number of anilines is 1. The van der Waals surface area contributed by atoms with Gasteiger partial charge in [0.05, 0.1) is 17.3 Å². The summed E-state index contributed by atoms with van der Waals surface area (Å²) in [4.78, 5) is 20.6. The lowest BCUT2D eigenvalue weighted by molar-refractivity contribution is 0.244. The van der Waals surface area contributed by atoms with E-state index in [9.17, 15) is 9.18 Å². The van der Waals surface area contributed by atoms with Gasteiger partial charge in [0.1, 0.15) is 5.82 Å². The highest BCUT2D eigenvalue weighted by atomic mass is 32.2. The number of allylic oxidation sites excluding steroid dienone is 1. The number of carbonyl (C=O) groups excluding carboxylic acids is 1. The van der Waals surface area contributed by atoms with Gasteiger partial charge in [0.2, 0.25) is 5.82 Å². The average Bonchev–Trinajstić information content (AvgIpc) is 3.35. The van der Waals surface area contributed by atoms with Crippen molar-refractivity contribution in [2.75, 3.05) is 11.2 Å². The smallest absolute Gasteiger partial charge is 0.326 e. The highest BCUT2D eigenvalue weighted by Crippen LogP contribution is 2.39. The maximum Gasteiger partial charge on any atom is 0.326 e. The summed E-state index contributed by atoms with van der Waals surface area (Å²) in [6, 6.07) is 20.7. The molecule has 8 heteroatoms. The van der Waals surface area contributed by atoms with Gasteiger partial charge in [-0.2, -0.15) is 4.98 Å². The molecule has 0 bridgehead atoms. The van der Waals surface area contributed by atoms with Crippen molar-refractivity contribution in [3.8, 4) is 11.4 Å². The number of hydrogen-bond acceptors (Lipinski definition) is 5. The molecule has 0 saturated carbocycles. The first-order chi connectivity index (χ1) is 16.9. The number of rotatable bonds is 5. The van der Waals surface area contributed by atoms with E-state index in [4.69, 9.17) is 4.52 Å². The molecule has 1 unspecified atom stereocenters. The summed E-state index contributed by atoms with van der Waals surface area (Å²) in [5.41, 5.74) is 4.68. The first kappa shape index (κ1) is 22.9. The fourth-order valence-electron chi connectivity index (χ4n) is 4.12. The van der Waals surface area contributed by atoms with E-state index in [1.54, 1.807) is 28.8 Å². The highest BCUT2D eigenvalue weighted by molar-refractivity contribution is 7.98. The summed E-state index contributed by atoms with van der Waals surface area (Å²) in [6.45, 7) is 3.86. The van der Waals surface area contributed by atoms with Crippen LogP contribution >= 0.6 is 11.8 Å². The van der Waals surface area contributed by atoms with Crippen molar-refractivity contribution < 1.29 is 13.7 Å². The number of carbonyl (C=O) groups is 1. The maximum absolute atomic E-state index is 13.6. The molecule has 2 amide bonds. The number of urea groups is 1. The Kier molecular flexibility index (Phi) is 6.13. The number of amides is 2. The van der Waals surface area contributed by atoms with Crippen LogP contribution in [0.15, 0.2) is 87.9 Å². The summed E-state index contributed by atoms with van der Waals surface area (Å²) >= 11 is 1.63. The molecule has 176 valence electrons. The quantitative estimate of drug-likeness (QED) is 0.322. The normalized spacial score (nSPS) is 15.9. The molecular weight excluding hydrogens is 463 g/mol. The number of thioether (sulfide) groups is 1. The minimum absolute atomic E-state index is 0.290. The predicted molar refractivity (Wildman–Crippen MR) is 135 cm³/mol. The van der Waals surface area contributed by atoms with E-state index in [2.05, 4.69) is 15.5 Å². The summed E-state index contributed by atoms with van der Waals surface area (Å²) in [6.07, 6.45) is 2.00. The van der Waals surface area contributed by atoms with Gasteiger partial charge in [-0.05, 0) is 62.1 Å². The molecule has 0 saturated heterocycles. The number of halogens is 1. The Hall–Kier alpha value is -3.91. The largest absolute Gasteiger partial charge is 0.334 e. The molecule has 6 nitrogen and oxygen atoms in total. The van der Waals surface area contributed by atoms with Crippen LogP contribution in [0.25, 0.3) is 17.0 Å². The standard InChI is InChI=1S/C27H23FN4O2S/c1-16-4-6-19(7-5-16)25-30-26(34-31-25)23-17(2)32(21-12-14-22(35-3)15-13-21)27(33)29-24(23)18-8-10-20(28)11-9-18/h4-15,24H,1-3H3,(H,29,33). The zero-order valence-electron chi connectivity index (χ0n) is 19.4. The van der Waals surface area contributed by atoms with Gasteiger partial charge in [-0.15, -0.1) is 11.8 Å². The number of aromatic nitrogens is 2. The van der Waals surface area contributed by atoms with Gasteiger partial charge in [0.25, 0.3) is 5.89 Å². The summed E-state index contributed by atoms with van der Waals surface area (Å²) < 4.78 is 19.4.